The highest BCUT2D eigenvalue weighted by atomic mass is 79.9. The van der Waals surface area contributed by atoms with Crippen molar-refractivity contribution in [2.75, 3.05) is 0 Å². The molecule has 0 spiro atoms. The van der Waals surface area contributed by atoms with Crippen LogP contribution in [0.5, 0.6) is 0 Å². The molecule has 4 nitrogen and oxygen atoms in total. The van der Waals surface area contributed by atoms with Crippen molar-refractivity contribution >= 4 is 15.9 Å². The van der Waals surface area contributed by atoms with Gasteiger partial charge < -0.3 is 4.57 Å². The normalized spacial score (nSPS) is 11.2. The Labute approximate surface area is 102 Å². The zero-order valence-electron chi connectivity index (χ0n) is 9.44. The van der Waals surface area contributed by atoms with E-state index in [1.165, 1.54) is 15.3 Å². The van der Waals surface area contributed by atoms with Gasteiger partial charge in [-0.2, -0.15) is 0 Å². The van der Waals surface area contributed by atoms with Crippen molar-refractivity contribution < 1.29 is 0 Å². The van der Waals surface area contributed by atoms with Gasteiger partial charge >= 0.3 is 5.69 Å². The Balaban J connectivity index is 3.00. The summed E-state index contributed by atoms with van der Waals surface area (Å²) in [5, 5.41) is 0. The van der Waals surface area contributed by atoms with Crippen molar-refractivity contribution in [2.45, 2.75) is 26.3 Å². The molecule has 1 aromatic heterocycles. The molecule has 0 aromatic carbocycles. The van der Waals surface area contributed by atoms with Crippen LogP contribution in [0.1, 0.15) is 19.8 Å². The van der Waals surface area contributed by atoms with Crippen molar-refractivity contribution in [1.82, 2.24) is 9.13 Å². The van der Waals surface area contributed by atoms with E-state index >= 15 is 0 Å². The van der Waals surface area contributed by atoms with Gasteiger partial charge in [-0.15, -0.1) is 0 Å². The first-order chi connectivity index (χ1) is 7.57. The van der Waals surface area contributed by atoms with Crippen molar-refractivity contribution in [3.8, 4) is 0 Å². The van der Waals surface area contributed by atoms with Crippen molar-refractivity contribution in [3.63, 3.8) is 0 Å². The Kier molecular flexibility index (Phi) is 4.73. The van der Waals surface area contributed by atoms with Gasteiger partial charge in [0.05, 0.1) is 4.47 Å². The number of hydrogen-bond donors (Lipinski definition) is 0. The molecule has 0 aliphatic rings. The molecule has 0 aliphatic carbocycles. The average molecular weight is 287 g/mol. The van der Waals surface area contributed by atoms with E-state index in [4.69, 9.17) is 0 Å². The van der Waals surface area contributed by atoms with Gasteiger partial charge in [-0.25, -0.2) is 4.79 Å². The first-order valence-electron chi connectivity index (χ1n) is 5.19. The molecule has 1 rings (SSSR count). The highest BCUT2D eigenvalue weighted by molar-refractivity contribution is 9.10. The molecular weight excluding hydrogens is 272 g/mol. The molecule has 0 radical (unpaired) electrons. The fourth-order valence-corrected chi connectivity index (χ4v) is 1.89. The maximum Gasteiger partial charge on any atom is 0.330 e. The van der Waals surface area contributed by atoms with Gasteiger partial charge in [0.15, 0.2) is 0 Å². The molecule has 0 fully saturated rings. The van der Waals surface area contributed by atoms with Gasteiger partial charge in [-0.1, -0.05) is 19.1 Å². The molecule has 0 amide bonds. The van der Waals surface area contributed by atoms with E-state index in [2.05, 4.69) is 15.9 Å². The minimum absolute atomic E-state index is 0.270. The van der Waals surface area contributed by atoms with Gasteiger partial charge in [0, 0.05) is 19.8 Å². The number of allylic oxidation sites excluding steroid dienone is 2. The molecule has 0 unspecified atom stereocenters. The monoisotopic (exact) mass is 286 g/mol. The van der Waals surface area contributed by atoms with Crippen molar-refractivity contribution in [2.24, 2.45) is 7.05 Å². The van der Waals surface area contributed by atoms with E-state index < -0.39 is 0 Å². The molecule has 0 N–H and O–H groups in total. The van der Waals surface area contributed by atoms with Crippen LogP contribution in [0, 0.1) is 0 Å². The maximum atomic E-state index is 11.7. The number of rotatable bonds is 4. The third-order valence-electron chi connectivity index (χ3n) is 2.21. The first kappa shape index (κ1) is 13.0. The molecule has 1 aromatic rings. The summed E-state index contributed by atoms with van der Waals surface area (Å²) in [5.74, 6) is 0. The lowest BCUT2D eigenvalue weighted by atomic mass is 10.3. The second-order valence-corrected chi connectivity index (χ2v) is 4.35. The van der Waals surface area contributed by atoms with Crippen molar-refractivity contribution in [1.29, 1.82) is 0 Å². The Hall–Kier alpha value is -1.10. The largest absolute Gasteiger partial charge is 0.330 e. The van der Waals surface area contributed by atoms with Crippen LogP contribution in [-0.4, -0.2) is 9.13 Å². The number of aryl methyl sites for hydroxylation is 1. The quantitative estimate of drug-likeness (QED) is 0.791. The van der Waals surface area contributed by atoms with Crippen LogP contribution < -0.4 is 11.2 Å². The number of nitrogens with zero attached hydrogens (tertiary/aromatic N) is 2. The van der Waals surface area contributed by atoms with E-state index in [-0.39, 0.29) is 11.2 Å². The van der Waals surface area contributed by atoms with E-state index in [1.54, 1.807) is 7.05 Å². The Morgan fingerprint density at radius 1 is 1.38 bits per heavy atom. The van der Waals surface area contributed by atoms with Gasteiger partial charge in [-0.05, 0) is 28.8 Å². The third-order valence-corrected chi connectivity index (χ3v) is 2.75. The summed E-state index contributed by atoms with van der Waals surface area (Å²) in [6.07, 6.45) is 7.15. The van der Waals surface area contributed by atoms with Crippen LogP contribution in [0.4, 0.5) is 0 Å². The smallest absolute Gasteiger partial charge is 0.302 e. The molecule has 0 saturated heterocycles. The maximum absolute atomic E-state index is 11.7. The number of aromatic nitrogens is 2. The van der Waals surface area contributed by atoms with Crippen LogP contribution in [0.15, 0.2) is 32.4 Å². The fraction of sp³-hybridized carbons (Fsp3) is 0.455. The average Bonchev–Trinajstić information content (AvgIpc) is 2.25. The van der Waals surface area contributed by atoms with Crippen molar-refractivity contribution in [3.05, 3.63) is 43.7 Å². The lowest BCUT2D eigenvalue weighted by molar-refractivity contribution is 0.592. The van der Waals surface area contributed by atoms with Gasteiger partial charge in [-0.3, -0.25) is 9.36 Å². The molecule has 1 heterocycles. The van der Waals surface area contributed by atoms with Gasteiger partial charge in [0.25, 0.3) is 5.56 Å². The SMILES string of the molecule is CC/C=C/CCn1c(=O)c(Br)cn(C)c1=O. The van der Waals surface area contributed by atoms with Gasteiger partial charge in [0.1, 0.15) is 0 Å². The highest BCUT2D eigenvalue weighted by Gasteiger charge is 2.06. The minimum Gasteiger partial charge on any atom is -0.302 e. The first-order valence-corrected chi connectivity index (χ1v) is 5.98. The fourth-order valence-electron chi connectivity index (χ4n) is 1.37. The summed E-state index contributed by atoms with van der Waals surface area (Å²) in [6, 6.07) is 0. The second-order valence-electron chi connectivity index (χ2n) is 3.50. The molecule has 88 valence electrons. The van der Waals surface area contributed by atoms with Crippen LogP contribution in [-0.2, 0) is 13.6 Å². The topological polar surface area (TPSA) is 44.0 Å². The Bertz CT molecular complexity index is 465. The lowest BCUT2D eigenvalue weighted by Crippen LogP contribution is -2.38. The summed E-state index contributed by atoms with van der Waals surface area (Å²) in [6.45, 7) is 2.46. The minimum atomic E-state index is -0.280. The second kappa shape index (κ2) is 5.84. The van der Waals surface area contributed by atoms with Crippen LogP contribution in [0.3, 0.4) is 0 Å². The Morgan fingerprint density at radius 3 is 2.69 bits per heavy atom. The standard InChI is InChI=1S/C11H15BrN2O2/c1-3-4-5-6-7-14-10(15)9(12)8-13(2)11(14)16/h4-5,8H,3,6-7H2,1-2H3/b5-4+. The number of hydrogen-bond acceptors (Lipinski definition) is 2. The van der Waals surface area contributed by atoms with E-state index in [9.17, 15) is 9.59 Å². The zero-order chi connectivity index (χ0) is 12.1. The zero-order valence-corrected chi connectivity index (χ0v) is 11.0. The lowest BCUT2D eigenvalue weighted by Gasteiger charge is -2.06. The summed E-state index contributed by atoms with van der Waals surface area (Å²) in [7, 11) is 1.63. The summed E-state index contributed by atoms with van der Waals surface area (Å²) >= 11 is 3.14. The molecule has 0 saturated carbocycles. The summed E-state index contributed by atoms with van der Waals surface area (Å²) in [5.41, 5.74) is -0.550. The van der Waals surface area contributed by atoms with Crippen LogP contribution in [0.25, 0.3) is 0 Å². The van der Waals surface area contributed by atoms with E-state index in [0.717, 1.165) is 6.42 Å². The third kappa shape index (κ3) is 2.95. The molecule has 0 bridgehead atoms. The predicted octanol–water partition coefficient (Wildman–Crippen LogP) is 1.67. The molecule has 5 heteroatoms. The summed E-state index contributed by atoms with van der Waals surface area (Å²) in [4.78, 5) is 23.4. The molecule has 0 atom stereocenters. The molecule has 0 aliphatic heterocycles. The summed E-state index contributed by atoms with van der Waals surface area (Å²) < 4.78 is 3.05. The Morgan fingerprint density at radius 2 is 2.06 bits per heavy atom. The molecule has 16 heavy (non-hydrogen) atoms. The van der Waals surface area contributed by atoms with Crippen LogP contribution in [0.2, 0.25) is 0 Å². The highest BCUT2D eigenvalue weighted by Crippen LogP contribution is 1.98. The van der Waals surface area contributed by atoms with Crippen LogP contribution >= 0.6 is 15.9 Å². The van der Waals surface area contributed by atoms with E-state index in [0.29, 0.717) is 17.4 Å². The number of halogens is 1. The van der Waals surface area contributed by atoms with Gasteiger partial charge in [0.2, 0.25) is 0 Å². The molecular formula is C11H15BrN2O2. The van der Waals surface area contributed by atoms with E-state index in [1.807, 2.05) is 19.1 Å². The predicted molar refractivity (Wildman–Crippen MR) is 67.7 cm³/mol.